The molecule has 4 nitrogen and oxygen atoms in total. The van der Waals surface area contributed by atoms with E-state index >= 15 is 0 Å². The van der Waals surface area contributed by atoms with Gasteiger partial charge in [0.05, 0.1) is 6.54 Å². The monoisotopic (exact) mass is 293 g/mol. The number of nitrogens with zero attached hydrogens (tertiary/aromatic N) is 1. The molecule has 1 saturated heterocycles. The van der Waals surface area contributed by atoms with Crippen molar-refractivity contribution in [1.29, 1.82) is 0 Å². The zero-order valence-electron chi connectivity index (χ0n) is 12.6. The van der Waals surface area contributed by atoms with Crippen LogP contribution in [0.1, 0.15) is 25.3 Å². The van der Waals surface area contributed by atoms with Gasteiger partial charge in [0.2, 0.25) is 5.91 Å². The fourth-order valence-corrected chi connectivity index (χ4v) is 2.67. The number of hydrogen-bond donors (Lipinski definition) is 2. The lowest BCUT2D eigenvalue weighted by Gasteiger charge is -2.27. The first-order valence-electron chi connectivity index (χ1n) is 7.65. The minimum absolute atomic E-state index is 0.0275. The average molecular weight is 293 g/mol. The van der Waals surface area contributed by atoms with Gasteiger partial charge in [0.15, 0.2) is 0 Å². The van der Waals surface area contributed by atoms with Gasteiger partial charge >= 0.3 is 0 Å². The van der Waals surface area contributed by atoms with Gasteiger partial charge in [0, 0.05) is 19.1 Å². The molecule has 1 aromatic carbocycles. The summed E-state index contributed by atoms with van der Waals surface area (Å²) < 4.78 is 12.8. The lowest BCUT2D eigenvalue weighted by Crippen LogP contribution is -2.44. The van der Waals surface area contributed by atoms with Crippen LogP contribution in [0.5, 0.6) is 0 Å². The molecular formula is C16H24FN3O. The van der Waals surface area contributed by atoms with Crippen LogP contribution in [0.4, 0.5) is 4.39 Å². The molecule has 1 fully saturated rings. The van der Waals surface area contributed by atoms with Gasteiger partial charge < -0.3 is 10.6 Å². The highest BCUT2D eigenvalue weighted by Crippen LogP contribution is 2.09. The van der Waals surface area contributed by atoms with E-state index in [4.69, 9.17) is 0 Å². The van der Waals surface area contributed by atoms with Crippen molar-refractivity contribution >= 4 is 5.91 Å². The Kier molecular flexibility index (Phi) is 6.14. The van der Waals surface area contributed by atoms with Crippen LogP contribution in [0.3, 0.4) is 0 Å². The Morgan fingerprint density at radius 1 is 1.43 bits per heavy atom. The second-order valence-electron chi connectivity index (χ2n) is 5.52. The Balaban J connectivity index is 1.79. The first-order chi connectivity index (χ1) is 10.2. The van der Waals surface area contributed by atoms with E-state index < -0.39 is 0 Å². The summed E-state index contributed by atoms with van der Waals surface area (Å²) in [5.74, 6) is -0.229. The van der Waals surface area contributed by atoms with Gasteiger partial charge in [-0.05, 0) is 43.6 Å². The number of hydrogen-bond acceptors (Lipinski definition) is 3. The number of carbonyl (C=O) groups excluding carboxylic acids is 1. The molecule has 1 heterocycles. The fraction of sp³-hybridized carbons (Fsp3) is 0.562. The van der Waals surface area contributed by atoms with Crippen molar-refractivity contribution in [2.24, 2.45) is 0 Å². The largest absolute Gasteiger partial charge is 0.351 e. The quantitative estimate of drug-likeness (QED) is 0.801. The Hall–Kier alpha value is -1.46. The van der Waals surface area contributed by atoms with E-state index in [-0.39, 0.29) is 11.7 Å². The Bertz CT molecular complexity index is 443. The van der Waals surface area contributed by atoms with Crippen LogP contribution in [0.15, 0.2) is 24.3 Å². The molecule has 0 radical (unpaired) electrons. The third-order valence-electron chi connectivity index (χ3n) is 3.81. The molecule has 1 amide bonds. The highest BCUT2D eigenvalue weighted by molar-refractivity contribution is 5.78. The molecule has 1 atom stereocenters. The zero-order valence-corrected chi connectivity index (χ0v) is 12.6. The Labute approximate surface area is 125 Å². The van der Waals surface area contributed by atoms with Crippen LogP contribution in [-0.4, -0.2) is 43.0 Å². The maximum absolute atomic E-state index is 12.8. The van der Waals surface area contributed by atoms with Crippen LogP contribution in [0, 0.1) is 5.82 Å². The molecule has 1 unspecified atom stereocenters. The van der Waals surface area contributed by atoms with Gasteiger partial charge in [-0.3, -0.25) is 9.69 Å². The van der Waals surface area contributed by atoms with Crippen LogP contribution >= 0.6 is 0 Å². The summed E-state index contributed by atoms with van der Waals surface area (Å²) in [7, 11) is 0. The fourth-order valence-electron chi connectivity index (χ4n) is 2.67. The van der Waals surface area contributed by atoms with E-state index in [0.29, 0.717) is 19.1 Å². The number of benzene rings is 1. The highest BCUT2D eigenvalue weighted by atomic mass is 19.1. The first kappa shape index (κ1) is 15.9. The smallest absolute Gasteiger partial charge is 0.234 e. The lowest BCUT2D eigenvalue weighted by molar-refractivity contribution is -0.122. The Morgan fingerprint density at radius 2 is 2.19 bits per heavy atom. The third-order valence-corrected chi connectivity index (χ3v) is 3.81. The second-order valence-corrected chi connectivity index (χ2v) is 5.52. The maximum atomic E-state index is 12.8. The van der Waals surface area contributed by atoms with Crippen molar-refractivity contribution in [2.75, 3.05) is 26.2 Å². The minimum Gasteiger partial charge on any atom is -0.351 e. The van der Waals surface area contributed by atoms with Crippen LogP contribution in [0.25, 0.3) is 0 Å². The van der Waals surface area contributed by atoms with Gasteiger partial charge in [0.1, 0.15) is 5.82 Å². The molecule has 1 aliphatic rings. The summed E-state index contributed by atoms with van der Waals surface area (Å²) in [6, 6.07) is 6.67. The molecule has 0 spiro atoms. The van der Waals surface area contributed by atoms with E-state index in [1.807, 2.05) is 0 Å². The van der Waals surface area contributed by atoms with Crippen molar-refractivity contribution in [3.63, 3.8) is 0 Å². The molecule has 5 heteroatoms. The molecule has 0 bridgehead atoms. The zero-order chi connectivity index (χ0) is 15.1. The van der Waals surface area contributed by atoms with Crippen molar-refractivity contribution < 1.29 is 9.18 Å². The van der Waals surface area contributed by atoms with Crippen LogP contribution in [0.2, 0.25) is 0 Å². The van der Waals surface area contributed by atoms with E-state index in [1.54, 1.807) is 12.1 Å². The van der Waals surface area contributed by atoms with Crippen molar-refractivity contribution in [3.05, 3.63) is 35.6 Å². The molecule has 0 saturated carbocycles. The lowest BCUT2D eigenvalue weighted by atomic mass is 10.2. The normalized spacial score (nSPS) is 18.1. The second kappa shape index (κ2) is 8.10. The van der Waals surface area contributed by atoms with Gasteiger partial charge in [-0.15, -0.1) is 0 Å². The van der Waals surface area contributed by atoms with E-state index in [2.05, 4.69) is 22.5 Å². The summed E-state index contributed by atoms with van der Waals surface area (Å²) in [5.41, 5.74) is 0.911. The topological polar surface area (TPSA) is 44.4 Å². The van der Waals surface area contributed by atoms with Crippen molar-refractivity contribution in [3.8, 4) is 0 Å². The number of amides is 1. The molecule has 2 N–H and O–H groups in total. The van der Waals surface area contributed by atoms with Crippen LogP contribution in [-0.2, 0) is 11.3 Å². The molecule has 2 rings (SSSR count). The summed E-state index contributed by atoms with van der Waals surface area (Å²) >= 11 is 0. The van der Waals surface area contributed by atoms with Gasteiger partial charge in [-0.2, -0.15) is 0 Å². The molecule has 0 aromatic heterocycles. The number of rotatable bonds is 7. The minimum atomic E-state index is -0.257. The third kappa shape index (κ3) is 5.10. The number of carbonyl (C=O) groups is 1. The van der Waals surface area contributed by atoms with Crippen LogP contribution < -0.4 is 10.6 Å². The molecule has 1 aromatic rings. The van der Waals surface area contributed by atoms with Crippen molar-refractivity contribution in [2.45, 2.75) is 32.4 Å². The summed E-state index contributed by atoms with van der Waals surface area (Å²) in [6.45, 7) is 5.94. The standard InChI is InChI=1S/C16H24FN3O/c1-2-9-20(15-7-8-18-11-15)12-16(21)19-10-13-3-5-14(17)6-4-13/h3-6,15,18H,2,7-12H2,1H3,(H,19,21). The summed E-state index contributed by atoms with van der Waals surface area (Å²) in [5, 5.41) is 6.25. The molecular weight excluding hydrogens is 269 g/mol. The number of nitrogens with one attached hydrogen (secondary N) is 2. The highest BCUT2D eigenvalue weighted by Gasteiger charge is 2.23. The van der Waals surface area contributed by atoms with E-state index in [9.17, 15) is 9.18 Å². The average Bonchev–Trinajstić information content (AvgIpc) is 3.00. The molecule has 21 heavy (non-hydrogen) atoms. The predicted molar refractivity (Wildman–Crippen MR) is 81.4 cm³/mol. The summed E-state index contributed by atoms with van der Waals surface area (Å²) in [4.78, 5) is 14.3. The van der Waals surface area contributed by atoms with E-state index in [0.717, 1.165) is 38.0 Å². The summed E-state index contributed by atoms with van der Waals surface area (Å²) in [6.07, 6.45) is 2.15. The van der Waals surface area contributed by atoms with E-state index in [1.165, 1.54) is 12.1 Å². The van der Waals surface area contributed by atoms with Gasteiger partial charge in [-0.1, -0.05) is 19.1 Å². The maximum Gasteiger partial charge on any atom is 0.234 e. The predicted octanol–water partition coefficient (Wildman–Crippen LogP) is 1.52. The number of halogens is 1. The Morgan fingerprint density at radius 3 is 2.81 bits per heavy atom. The SMILES string of the molecule is CCCN(CC(=O)NCc1ccc(F)cc1)C1CCNC1. The molecule has 0 aliphatic carbocycles. The van der Waals surface area contributed by atoms with Gasteiger partial charge in [-0.25, -0.2) is 4.39 Å². The first-order valence-corrected chi connectivity index (χ1v) is 7.65. The van der Waals surface area contributed by atoms with Crippen molar-refractivity contribution in [1.82, 2.24) is 15.5 Å². The molecule has 116 valence electrons. The molecule has 1 aliphatic heterocycles. The van der Waals surface area contributed by atoms with Gasteiger partial charge in [0.25, 0.3) is 0 Å².